The molecule has 2 heterocycles. The number of nitrogens with zero attached hydrogens (tertiary/aromatic N) is 2. The van der Waals surface area contributed by atoms with Crippen molar-refractivity contribution in [1.29, 1.82) is 0 Å². The monoisotopic (exact) mass is 341 g/mol. The van der Waals surface area contributed by atoms with Gasteiger partial charge in [0.15, 0.2) is 5.13 Å². The highest BCUT2D eigenvalue weighted by Crippen LogP contribution is 2.26. The normalized spacial score (nSPS) is 10.8. The molecule has 0 saturated carbocycles. The number of thiazole rings is 1. The maximum atomic E-state index is 12.5. The van der Waals surface area contributed by atoms with E-state index in [2.05, 4.69) is 46.6 Å². The number of hydrogen-bond donors (Lipinski definition) is 1. The lowest BCUT2D eigenvalue weighted by Gasteiger charge is -2.02. The summed E-state index contributed by atoms with van der Waals surface area (Å²) in [5, 5.41) is 9.26. The van der Waals surface area contributed by atoms with E-state index in [4.69, 9.17) is 4.52 Å². The Morgan fingerprint density at radius 1 is 1.21 bits per heavy atom. The maximum absolute atomic E-state index is 12.5. The summed E-state index contributed by atoms with van der Waals surface area (Å²) >= 11 is 1.41. The summed E-state index contributed by atoms with van der Waals surface area (Å²) in [6.07, 6.45) is 1.66. The van der Waals surface area contributed by atoms with Crippen LogP contribution in [-0.4, -0.2) is 16.0 Å². The molecule has 6 heteroatoms. The minimum atomic E-state index is -0.229. The second-order valence-electron chi connectivity index (χ2n) is 5.46. The van der Waals surface area contributed by atoms with E-state index in [0.717, 1.165) is 17.7 Å². The summed E-state index contributed by atoms with van der Waals surface area (Å²) in [6.45, 7) is 5.81. The first-order valence-electron chi connectivity index (χ1n) is 7.93. The standard InChI is InChI=1S/C18H19N3O2S/c1-4-12-6-8-13(9-7-12)15-10-24-18(19-15)20-17(22)16-11(3)23-21-14(16)5-2/h6-10H,4-5H2,1-3H3,(H,19,20,22). The molecule has 0 aliphatic heterocycles. The van der Waals surface area contributed by atoms with E-state index >= 15 is 0 Å². The number of carbonyl (C=O) groups is 1. The Balaban J connectivity index is 1.78. The van der Waals surface area contributed by atoms with Gasteiger partial charge in [-0.1, -0.05) is 43.3 Å². The van der Waals surface area contributed by atoms with Gasteiger partial charge in [0.2, 0.25) is 0 Å². The molecule has 0 atom stereocenters. The zero-order chi connectivity index (χ0) is 17.1. The molecule has 124 valence electrons. The first kappa shape index (κ1) is 16.4. The summed E-state index contributed by atoms with van der Waals surface area (Å²) in [5.41, 5.74) is 4.35. The van der Waals surface area contributed by atoms with Crippen molar-refractivity contribution in [2.75, 3.05) is 5.32 Å². The van der Waals surface area contributed by atoms with Crippen molar-refractivity contribution in [3.8, 4) is 11.3 Å². The predicted molar refractivity (Wildman–Crippen MR) is 95.5 cm³/mol. The molecule has 3 aromatic rings. The Bertz CT molecular complexity index is 850. The molecule has 0 unspecified atom stereocenters. The fraction of sp³-hybridized carbons (Fsp3) is 0.278. The van der Waals surface area contributed by atoms with E-state index in [0.29, 0.717) is 28.6 Å². The first-order valence-corrected chi connectivity index (χ1v) is 8.81. The van der Waals surface area contributed by atoms with Gasteiger partial charge < -0.3 is 4.52 Å². The van der Waals surface area contributed by atoms with Crippen LogP contribution in [0.5, 0.6) is 0 Å². The minimum Gasteiger partial charge on any atom is -0.361 e. The lowest BCUT2D eigenvalue weighted by Crippen LogP contribution is -2.14. The number of hydrogen-bond acceptors (Lipinski definition) is 5. The average molecular weight is 341 g/mol. The van der Waals surface area contributed by atoms with E-state index in [1.54, 1.807) is 6.92 Å². The fourth-order valence-corrected chi connectivity index (χ4v) is 3.20. The Morgan fingerprint density at radius 3 is 2.62 bits per heavy atom. The smallest absolute Gasteiger partial charge is 0.262 e. The molecule has 2 aromatic heterocycles. The number of carbonyl (C=O) groups excluding carboxylic acids is 1. The number of anilines is 1. The molecule has 24 heavy (non-hydrogen) atoms. The van der Waals surface area contributed by atoms with Crippen molar-refractivity contribution in [2.45, 2.75) is 33.6 Å². The number of rotatable bonds is 5. The van der Waals surface area contributed by atoms with Gasteiger partial charge in [0, 0.05) is 10.9 Å². The van der Waals surface area contributed by atoms with Crippen molar-refractivity contribution in [3.63, 3.8) is 0 Å². The van der Waals surface area contributed by atoms with Crippen LogP contribution in [0.2, 0.25) is 0 Å². The molecule has 0 aliphatic rings. The van der Waals surface area contributed by atoms with Crippen molar-refractivity contribution in [2.24, 2.45) is 0 Å². The summed E-state index contributed by atoms with van der Waals surface area (Å²) in [4.78, 5) is 17.0. The maximum Gasteiger partial charge on any atom is 0.262 e. The SMILES string of the molecule is CCc1ccc(-c2csc(NC(=O)c3c(CC)noc3C)n2)cc1. The molecule has 1 N–H and O–H groups in total. The van der Waals surface area contributed by atoms with Crippen LogP contribution in [0.15, 0.2) is 34.2 Å². The lowest BCUT2D eigenvalue weighted by atomic mass is 10.1. The number of aryl methyl sites for hydroxylation is 3. The van der Waals surface area contributed by atoms with Crippen LogP contribution in [-0.2, 0) is 12.8 Å². The van der Waals surface area contributed by atoms with Gasteiger partial charge in [0.25, 0.3) is 5.91 Å². The van der Waals surface area contributed by atoms with Crippen LogP contribution < -0.4 is 5.32 Å². The molecule has 0 fully saturated rings. The molecular formula is C18H19N3O2S. The second-order valence-corrected chi connectivity index (χ2v) is 6.31. The lowest BCUT2D eigenvalue weighted by molar-refractivity contribution is 0.102. The highest BCUT2D eigenvalue weighted by atomic mass is 32.1. The molecular weight excluding hydrogens is 322 g/mol. The van der Waals surface area contributed by atoms with E-state index in [1.165, 1.54) is 16.9 Å². The number of benzene rings is 1. The first-order chi connectivity index (χ1) is 11.6. The van der Waals surface area contributed by atoms with Gasteiger partial charge in [0.1, 0.15) is 11.3 Å². The fourth-order valence-electron chi connectivity index (χ4n) is 2.48. The van der Waals surface area contributed by atoms with E-state index in [1.807, 2.05) is 12.3 Å². The quantitative estimate of drug-likeness (QED) is 0.743. The van der Waals surface area contributed by atoms with Crippen molar-refractivity contribution in [1.82, 2.24) is 10.1 Å². The molecule has 0 bridgehead atoms. The third-order valence-corrected chi connectivity index (χ3v) is 4.64. The van der Waals surface area contributed by atoms with Crippen LogP contribution >= 0.6 is 11.3 Å². The van der Waals surface area contributed by atoms with E-state index < -0.39 is 0 Å². The van der Waals surface area contributed by atoms with Crippen molar-refractivity contribution >= 4 is 22.4 Å². The number of nitrogens with one attached hydrogen (secondary N) is 1. The molecule has 1 amide bonds. The van der Waals surface area contributed by atoms with Gasteiger partial charge in [-0.05, 0) is 25.3 Å². The summed E-state index contributed by atoms with van der Waals surface area (Å²) in [5.74, 6) is 0.295. The topological polar surface area (TPSA) is 68.0 Å². The van der Waals surface area contributed by atoms with Crippen molar-refractivity contribution in [3.05, 3.63) is 52.2 Å². The summed E-state index contributed by atoms with van der Waals surface area (Å²) in [6, 6.07) is 8.31. The molecule has 0 spiro atoms. The van der Waals surface area contributed by atoms with E-state index in [-0.39, 0.29) is 5.91 Å². The van der Waals surface area contributed by atoms with Crippen LogP contribution in [0.25, 0.3) is 11.3 Å². The highest BCUT2D eigenvalue weighted by Gasteiger charge is 2.20. The van der Waals surface area contributed by atoms with E-state index in [9.17, 15) is 4.79 Å². The minimum absolute atomic E-state index is 0.229. The van der Waals surface area contributed by atoms with Crippen LogP contribution in [0.1, 0.15) is 41.2 Å². The van der Waals surface area contributed by atoms with Crippen LogP contribution in [0.4, 0.5) is 5.13 Å². The number of aromatic nitrogens is 2. The molecule has 0 radical (unpaired) electrons. The third kappa shape index (κ3) is 3.23. The summed E-state index contributed by atoms with van der Waals surface area (Å²) in [7, 11) is 0. The largest absolute Gasteiger partial charge is 0.361 e. The van der Waals surface area contributed by atoms with Gasteiger partial charge >= 0.3 is 0 Å². The van der Waals surface area contributed by atoms with Crippen LogP contribution in [0, 0.1) is 6.92 Å². The molecule has 0 saturated heterocycles. The Kier molecular flexibility index (Phi) is 4.76. The van der Waals surface area contributed by atoms with Gasteiger partial charge in [-0.3, -0.25) is 10.1 Å². The summed E-state index contributed by atoms with van der Waals surface area (Å²) < 4.78 is 5.11. The van der Waals surface area contributed by atoms with Gasteiger partial charge in [-0.2, -0.15) is 0 Å². The molecule has 5 nitrogen and oxygen atoms in total. The average Bonchev–Trinajstić information content (AvgIpc) is 3.21. The molecule has 3 rings (SSSR count). The number of amides is 1. The predicted octanol–water partition coefficient (Wildman–Crippen LogP) is 4.48. The van der Waals surface area contributed by atoms with Gasteiger partial charge in [-0.25, -0.2) is 4.98 Å². The molecule has 1 aromatic carbocycles. The zero-order valence-corrected chi connectivity index (χ0v) is 14.7. The third-order valence-electron chi connectivity index (χ3n) is 3.88. The zero-order valence-electron chi connectivity index (χ0n) is 13.9. The Morgan fingerprint density at radius 2 is 1.96 bits per heavy atom. The van der Waals surface area contributed by atoms with Gasteiger partial charge in [-0.15, -0.1) is 11.3 Å². The molecule has 0 aliphatic carbocycles. The van der Waals surface area contributed by atoms with Crippen molar-refractivity contribution < 1.29 is 9.32 Å². The highest BCUT2D eigenvalue weighted by molar-refractivity contribution is 7.14. The van der Waals surface area contributed by atoms with Crippen LogP contribution in [0.3, 0.4) is 0 Å². The Labute approximate surface area is 144 Å². The Hall–Kier alpha value is -2.47. The van der Waals surface area contributed by atoms with Gasteiger partial charge in [0.05, 0.1) is 11.4 Å². The second kappa shape index (κ2) is 6.97.